The highest BCUT2D eigenvalue weighted by Gasteiger charge is 2.30. The predicted molar refractivity (Wildman–Crippen MR) is 54.7 cm³/mol. The summed E-state index contributed by atoms with van der Waals surface area (Å²) in [4.78, 5) is 31.1. The Morgan fingerprint density at radius 3 is 2.19 bits per heavy atom. The SMILES string of the molecule is O=C(O)c1ccc(Br)c(C(=O)O)c1[N+](=O)[O-]. The highest BCUT2D eigenvalue weighted by Crippen LogP contribution is 2.30. The first-order valence-electron chi connectivity index (χ1n) is 3.79. The number of hydrogen-bond acceptors (Lipinski definition) is 4. The second-order valence-corrected chi connectivity index (χ2v) is 3.54. The van der Waals surface area contributed by atoms with Crippen molar-refractivity contribution < 1.29 is 24.7 Å². The molecule has 16 heavy (non-hydrogen) atoms. The van der Waals surface area contributed by atoms with Gasteiger partial charge in [0.15, 0.2) is 5.56 Å². The third-order valence-corrected chi connectivity index (χ3v) is 2.41. The first kappa shape index (κ1) is 12.1. The monoisotopic (exact) mass is 289 g/mol. The zero-order chi connectivity index (χ0) is 12.5. The molecule has 0 fully saturated rings. The summed E-state index contributed by atoms with van der Waals surface area (Å²) in [5, 5.41) is 28.1. The molecule has 1 aromatic carbocycles. The van der Waals surface area contributed by atoms with Crippen LogP contribution in [0.4, 0.5) is 5.69 Å². The fourth-order valence-corrected chi connectivity index (χ4v) is 1.62. The highest BCUT2D eigenvalue weighted by molar-refractivity contribution is 9.10. The number of carbonyl (C=O) groups is 2. The summed E-state index contributed by atoms with van der Waals surface area (Å²) in [6, 6.07) is 2.11. The van der Waals surface area contributed by atoms with Crippen LogP contribution < -0.4 is 0 Å². The Morgan fingerprint density at radius 1 is 1.25 bits per heavy atom. The predicted octanol–water partition coefficient (Wildman–Crippen LogP) is 1.75. The lowest BCUT2D eigenvalue weighted by atomic mass is 10.1. The second kappa shape index (κ2) is 4.27. The van der Waals surface area contributed by atoms with E-state index in [1.165, 1.54) is 0 Å². The van der Waals surface area contributed by atoms with Crippen molar-refractivity contribution in [3.8, 4) is 0 Å². The number of nitro benzene ring substituents is 1. The topological polar surface area (TPSA) is 118 Å². The maximum Gasteiger partial charge on any atom is 0.343 e. The molecule has 0 radical (unpaired) electrons. The van der Waals surface area contributed by atoms with Crippen molar-refractivity contribution >= 4 is 33.6 Å². The van der Waals surface area contributed by atoms with Gasteiger partial charge in [0.2, 0.25) is 0 Å². The van der Waals surface area contributed by atoms with E-state index in [1.807, 2.05) is 0 Å². The third-order valence-electron chi connectivity index (χ3n) is 1.75. The highest BCUT2D eigenvalue weighted by atomic mass is 79.9. The smallest absolute Gasteiger partial charge is 0.343 e. The number of hydrogen-bond donors (Lipinski definition) is 2. The van der Waals surface area contributed by atoms with Crippen LogP contribution in [0.15, 0.2) is 16.6 Å². The van der Waals surface area contributed by atoms with Gasteiger partial charge < -0.3 is 10.2 Å². The zero-order valence-electron chi connectivity index (χ0n) is 7.51. The van der Waals surface area contributed by atoms with Crippen LogP contribution in [0.5, 0.6) is 0 Å². The summed E-state index contributed by atoms with van der Waals surface area (Å²) < 4.78 is -0.0447. The number of benzene rings is 1. The van der Waals surface area contributed by atoms with Crippen LogP contribution in [0.3, 0.4) is 0 Å². The van der Waals surface area contributed by atoms with Gasteiger partial charge in [-0.15, -0.1) is 0 Å². The van der Waals surface area contributed by atoms with E-state index in [-0.39, 0.29) is 4.47 Å². The number of rotatable bonds is 3. The lowest BCUT2D eigenvalue weighted by Crippen LogP contribution is -2.10. The number of carboxylic acid groups (broad SMARTS) is 2. The second-order valence-electron chi connectivity index (χ2n) is 2.69. The Hall–Kier alpha value is -1.96. The summed E-state index contributed by atoms with van der Waals surface area (Å²) in [6.07, 6.45) is 0. The molecule has 0 spiro atoms. The molecule has 0 heterocycles. The van der Waals surface area contributed by atoms with Crippen molar-refractivity contribution in [3.05, 3.63) is 37.8 Å². The summed E-state index contributed by atoms with van der Waals surface area (Å²) in [6.45, 7) is 0. The summed E-state index contributed by atoms with van der Waals surface area (Å²) in [7, 11) is 0. The van der Waals surface area contributed by atoms with Gasteiger partial charge in [-0.25, -0.2) is 9.59 Å². The van der Waals surface area contributed by atoms with Crippen molar-refractivity contribution in [1.29, 1.82) is 0 Å². The van der Waals surface area contributed by atoms with Gasteiger partial charge in [0.1, 0.15) is 5.56 Å². The molecule has 7 nitrogen and oxygen atoms in total. The Kier molecular flexibility index (Phi) is 3.23. The molecule has 1 aromatic rings. The molecular weight excluding hydrogens is 286 g/mol. The van der Waals surface area contributed by atoms with E-state index in [0.29, 0.717) is 0 Å². The molecule has 0 amide bonds. The van der Waals surface area contributed by atoms with Crippen molar-refractivity contribution in [2.45, 2.75) is 0 Å². The first-order chi connectivity index (χ1) is 7.36. The molecule has 0 aromatic heterocycles. The van der Waals surface area contributed by atoms with E-state index in [4.69, 9.17) is 10.2 Å². The van der Waals surface area contributed by atoms with E-state index >= 15 is 0 Å². The minimum atomic E-state index is -1.57. The van der Waals surface area contributed by atoms with Gasteiger partial charge >= 0.3 is 11.9 Å². The Bertz CT molecular complexity index is 498. The van der Waals surface area contributed by atoms with E-state index in [9.17, 15) is 19.7 Å². The standard InChI is InChI=1S/C8H4BrNO6/c9-4-2-1-3(7(11)12)6(10(15)16)5(4)8(13)14/h1-2H,(H,11,12)(H,13,14). The molecule has 0 unspecified atom stereocenters. The van der Waals surface area contributed by atoms with E-state index in [2.05, 4.69) is 15.9 Å². The summed E-state index contributed by atoms with van der Waals surface area (Å²) >= 11 is 2.82. The van der Waals surface area contributed by atoms with Gasteiger partial charge in [0, 0.05) is 4.47 Å². The Balaban J connectivity index is 3.70. The number of nitrogens with zero attached hydrogens (tertiary/aromatic N) is 1. The van der Waals surface area contributed by atoms with Crippen molar-refractivity contribution in [2.75, 3.05) is 0 Å². The maximum absolute atomic E-state index is 10.8. The summed E-state index contributed by atoms with van der Waals surface area (Å²) in [5.74, 6) is -3.12. The normalized spacial score (nSPS) is 9.81. The molecule has 0 saturated carbocycles. The Labute approximate surface area is 96.6 Å². The van der Waals surface area contributed by atoms with Crippen LogP contribution in [0, 0.1) is 10.1 Å². The van der Waals surface area contributed by atoms with Crippen molar-refractivity contribution in [3.63, 3.8) is 0 Å². The summed E-state index contributed by atoms with van der Waals surface area (Å²) in [5.41, 5.74) is -2.27. The lowest BCUT2D eigenvalue weighted by molar-refractivity contribution is -0.385. The molecule has 84 valence electrons. The molecule has 0 saturated heterocycles. The van der Waals surface area contributed by atoms with Gasteiger partial charge in [0.25, 0.3) is 5.69 Å². The lowest BCUT2D eigenvalue weighted by Gasteiger charge is -2.03. The molecule has 0 aliphatic carbocycles. The molecule has 2 N–H and O–H groups in total. The average Bonchev–Trinajstić information content (AvgIpc) is 2.15. The quantitative estimate of drug-likeness (QED) is 0.646. The van der Waals surface area contributed by atoms with Gasteiger partial charge in [-0.05, 0) is 28.1 Å². The van der Waals surface area contributed by atoms with Gasteiger partial charge in [-0.1, -0.05) is 0 Å². The number of carboxylic acids is 2. The van der Waals surface area contributed by atoms with Gasteiger partial charge in [-0.3, -0.25) is 10.1 Å². The average molecular weight is 290 g/mol. The van der Waals surface area contributed by atoms with Crippen LogP contribution in [-0.4, -0.2) is 27.1 Å². The molecular formula is C8H4BrNO6. The first-order valence-corrected chi connectivity index (χ1v) is 4.59. The molecule has 1 rings (SSSR count). The van der Waals surface area contributed by atoms with Crippen LogP contribution in [-0.2, 0) is 0 Å². The molecule has 0 aliphatic rings. The zero-order valence-corrected chi connectivity index (χ0v) is 9.09. The van der Waals surface area contributed by atoms with Crippen LogP contribution >= 0.6 is 15.9 Å². The minimum absolute atomic E-state index is 0.0447. The van der Waals surface area contributed by atoms with Crippen molar-refractivity contribution in [2.24, 2.45) is 0 Å². The van der Waals surface area contributed by atoms with Crippen LogP contribution in [0.1, 0.15) is 20.7 Å². The molecule has 8 heteroatoms. The van der Waals surface area contributed by atoms with E-state index in [0.717, 1.165) is 12.1 Å². The number of halogens is 1. The molecule has 0 aliphatic heterocycles. The largest absolute Gasteiger partial charge is 0.477 e. The van der Waals surface area contributed by atoms with Crippen LogP contribution in [0.25, 0.3) is 0 Å². The molecule has 0 bridgehead atoms. The number of nitro groups is 1. The molecule has 0 atom stereocenters. The van der Waals surface area contributed by atoms with Gasteiger partial charge in [-0.2, -0.15) is 0 Å². The minimum Gasteiger partial charge on any atom is -0.477 e. The van der Waals surface area contributed by atoms with E-state index in [1.54, 1.807) is 0 Å². The van der Waals surface area contributed by atoms with Crippen molar-refractivity contribution in [1.82, 2.24) is 0 Å². The fourth-order valence-electron chi connectivity index (χ4n) is 1.13. The third kappa shape index (κ3) is 2.01. The maximum atomic E-state index is 10.8. The van der Waals surface area contributed by atoms with Crippen LogP contribution in [0.2, 0.25) is 0 Å². The van der Waals surface area contributed by atoms with Gasteiger partial charge in [0.05, 0.1) is 4.92 Å². The fraction of sp³-hybridized carbons (Fsp3) is 0. The number of aromatic carboxylic acids is 2. The van der Waals surface area contributed by atoms with E-state index < -0.39 is 33.7 Å². The Morgan fingerprint density at radius 2 is 1.81 bits per heavy atom.